The second-order valence-electron chi connectivity index (χ2n) is 6.08. The predicted molar refractivity (Wildman–Crippen MR) is 80.1 cm³/mol. The Kier molecular flexibility index (Phi) is 4.94. The third kappa shape index (κ3) is 4.02. The minimum atomic E-state index is 0.455. The molecule has 0 aromatic carbocycles. The van der Waals surface area contributed by atoms with Gasteiger partial charge in [-0.15, -0.1) is 0 Å². The van der Waals surface area contributed by atoms with Crippen molar-refractivity contribution in [1.82, 2.24) is 15.2 Å². The van der Waals surface area contributed by atoms with E-state index in [0.29, 0.717) is 5.41 Å². The SMILES string of the molecule is CCC1(CN(C)Cc2cccc(C)n2)CCCNC1. The molecule has 0 bridgehead atoms. The summed E-state index contributed by atoms with van der Waals surface area (Å²) in [5, 5.41) is 3.56. The number of hydrogen-bond donors (Lipinski definition) is 1. The van der Waals surface area contributed by atoms with Crippen molar-refractivity contribution in [3.63, 3.8) is 0 Å². The fourth-order valence-electron chi connectivity index (χ4n) is 3.17. The van der Waals surface area contributed by atoms with Crippen LogP contribution in [0, 0.1) is 12.3 Å². The van der Waals surface area contributed by atoms with E-state index in [1.54, 1.807) is 0 Å². The van der Waals surface area contributed by atoms with Gasteiger partial charge in [0, 0.05) is 25.3 Å². The molecule has 1 aromatic rings. The second-order valence-corrected chi connectivity index (χ2v) is 6.08. The molecule has 2 rings (SSSR count). The molecule has 1 aliphatic rings. The number of rotatable bonds is 5. The Labute approximate surface area is 117 Å². The maximum Gasteiger partial charge on any atom is 0.0547 e. The lowest BCUT2D eigenvalue weighted by atomic mass is 9.78. The van der Waals surface area contributed by atoms with Crippen molar-refractivity contribution < 1.29 is 0 Å². The minimum Gasteiger partial charge on any atom is -0.316 e. The van der Waals surface area contributed by atoms with Crippen LogP contribution in [0.4, 0.5) is 0 Å². The summed E-state index contributed by atoms with van der Waals surface area (Å²) < 4.78 is 0. The van der Waals surface area contributed by atoms with Crippen LogP contribution in [0.25, 0.3) is 0 Å². The highest BCUT2D eigenvalue weighted by atomic mass is 15.1. The van der Waals surface area contributed by atoms with Crippen molar-refractivity contribution in [3.8, 4) is 0 Å². The molecule has 1 saturated heterocycles. The Hall–Kier alpha value is -0.930. The van der Waals surface area contributed by atoms with Crippen LogP contribution in [-0.4, -0.2) is 36.6 Å². The molecular formula is C16H27N3. The highest BCUT2D eigenvalue weighted by Crippen LogP contribution is 2.30. The van der Waals surface area contributed by atoms with Crippen molar-refractivity contribution in [1.29, 1.82) is 0 Å². The standard InChI is InChI=1S/C16H27N3/c1-4-16(9-6-10-17-12-16)13-19(3)11-15-8-5-7-14(2)18-15/h5,7-8,17H,4,6,9-13H2,1-3H3. The van der Waals surface area contributed by atoms with Crippen LogP contribution in [0.1, 0.15) is 37.6 Å². The smallest absolute Gasteiger partial charge is 0.0547 e. The van der Waals surface area contributed by atoms with Gasteiger partial charge in [-0.1, -0.05) is 13.0 Å². The zero-order valence-corrected chi connectivity index (χ0v) is 12.6. The van der Waals surface area contributed by atoms with Crippen molar-refractivity contribution in [2.24, 2.45) is 5.41 Å². The van der Waals surface area contributed by atoms with Crippen LogP contribution in [0.2, 0.25) is 0 Å². The Bertz CT molecular complexity index is 397. The van der Waals surface area contributed by atoms with E-state index in [1.165, 1.54) is 31.5 Å². The first-order chi connectivity index (χ1) is 9.13. The van der Waals surface area contributed by atoms with E-state index in [1.807, 2.05) is 0 Å². The lowest BCUT2D eigenvalue weighted by molar-refractivity contribution is 0.124. The van der Waals surface area contributed by atoms with E-state index in [-0.39, 0.29) is 0 Å². The molecule has 1 atom stereocenters. The largest absolute Gasteiger partial charge is 0.316 e. The number of pyridine rings is 1. The summed E-state index contributed by atoms with van der Waals surface area (Å²) in [6.07, 6.45) is 3.91. The van der Waals surface area contributed by atoms with Crippen molar-refractivity contribution in [2.45, 2.75) is 39.7 Å². The van der Waals surface area contributed by atoms with E-state index < -0.39 is 0 Å². The fraction of sp³-hybridized carbons (Fsp3) is 0.688. The van der Waals surface area contributed by atoms with Crippen LogP contribution in [0.5, 0.6) is 0 Å². The van der Waals surface area contributed by atoms with Gasteiger partial charge < -0.3 is 5.32 Å². The van der Waals surface area contributed by atoms with E-state index in [4.69, 9.17) is 0 Å². The molecule has 19 heavy (non-hydrogen) atoms. The first-order valence-corrected chi connectivity index (χ1v) is 7.45. The molecule has 1 aromatic heterocycles. The summed E-state index contributed by atoms with van der Waals surface area (Å²) >= 11 is 0. The van der Waals surface area contributed by atoms with Crippen molar-refractivity contribution in [3.05, 3.63) is 29.6 Å². The minimum absolute atomic E-state index is 0.455. The number of aryl methyl sites for hydroxylation is 1. The normalized spacial score (nSPS) is 23.8. The number of nitrogens with zero attached hydrogens (tertiary/aromatic N) is 2. The summed E-state index contributed by atoms with van der Waals surface area (Å²) in [4.78, 5) is 7.03. The molecule has 0 spiro atoms. The van der Waals surface area contributed by atoms with Gasteiger partial charge >= 0.3 is 0 Å². The van der Waals surface area contributed by atoms with Gasteiger partial charge in [-0.25, -0.2) is 0 Å². The van der Waals surface area contributed by atoms with Crippen LogP contribution in [0.3, 0.4) is 0 Å². The Morgan fingerprint density at radius 1 is 1.42 bits per heavy atom. The molecule has 1 fully saturated rings. The van der Waals surface area contributed by atoms with E-state index in [0.717, 1.165) is 25.3 Å². The number of hydrogen-bond acceptors (Lipinski definition) is 3. The van der Waals surface area contributed by atoms with Gasteiger partial charge in [0.15, 0.2) is 0 Å². The molecule has 2 heterocycles. The molecule has 3 nitrogen and oxygen atoms in total. The van der Waals surface area contributed by atoms with E-state index in [9.17, 15) is 0 Å². The quantitative estimate of drug-likeness (QED) is 0.883. The number of aromatic nitrogens is 1. The van der Waals surface area contributed by atoms with Gasteiger partial charge in [-0.2, -0.15) is 0 Å². The molecule has 0 saturated carbocycles. The fourth-order valence-corrected chi connectivity index (χ4v) is 3.17. The molecule has 0 aliphatic carbocycles. The third-order valence-corrected chi connectivity index (χ3v) is 4.29. The highest BCUT2D eigenvalue weighted by Gasteiger charge is 2.31. The maximum absolute atomic E-state index is 4.60. The Morgan fingerprint density at radius 3 is 2.89 bits per heavy atom. The summed E-state index contributed by atoms with van der Waals surface area (Å²) in [6, 6.07) is 6.28. The molecular weight excluding hydrogens is 234 g/mol. The van der Waals surface area contributed by atoms with E-state index >= 15 is 0 Å². The first kappa shape index (κ1) is 14.5. The van der Waals surface area contributed by atoms with Crippen LogP contribution < -0.4 is 5.32 Å². The van der Waals surface area contributed by atoms with Crippen LogP contribution in [0.15, 0.2) is 18.2 Å². The molecule has 106 valence electrons. The monoisotopic (exact) mass is 261 g/mol. The van der Waals surface area contributed by atoms with Gasteiger partial charge in [0.05, 0.1) is 5.69 Å². The average Bonchev–Trinajstić information content (AvgIpc) is 2.39. The lowest BCUT2D eigenvalue weighted by Crippen LogP contribution is -2.46. The summed E-state index contributed by atoms with van der Waals surface area (Å²) in [7, 11) is 2.22. The van der Waals surface area contributed by atoms with Gasteiger partial charge in [-0.05, 0) is 57.3 Å². The Balaban J connectivity index is 1.94. The molecule has 1 aliphatic heterocycles. The van der Waals surface area contributed by atoms with Gasteiger partial charge in [0.2, 0.25) is 0 Å². The molecule has 0 radical (unpaired) electrons. The maximum atomic E-state index is 4.60. The van der Waals surface area contributed by atoms with Crippen LogP contribution >= 0.6 is 0 Å². The topological polar surface area (TPSA) is 28.2 Å². The summed E-state index contributed by atoms with van der Waals surface area (Å²) in [5.41, 5.74) is 2.74. The third-order valence-electron chi connectivity index (χ3n) is 4.29. The van der Waals surface area contributed by atoms with Crippen molar-refractivity contribution in [2.75, 3.05) is 26.7 Å². The van der Waals surface area contributed by atoms with Gasteiger partial charge in [-0.3, -0.25) is 9.88 Å². The molecule has 1 unspecified atom stereocenters. The second kappa shape index (κ2) is 6.49. The van der Waals surface area contributed by atoms with Gasteiger partial charge in [0.25, 0.3) is 0 Å². The summed E-state index contributed by atoms with van der Waals surface area (Å²) in [6.45, 7) is 8.84. The first-order valence-electron chi connectivity index (χ1n) is 7.45. The van der Waals surface area contributed by atoms with E-state index in [2.05, 4.69) is 54.3 Å². The number of piperidine rings is 1. The zero-order chi connectivity index (χ0) is 13.7. The molecule has 3 heteroatoms. The van der Waals surface area contributed by atoms with Gasteiger partial charge in [0.1, 0.15) is 0 Å². The van der Waals surface area contributed by atoms with Crippen molar-refractivity contribution >= 4 is 0 Å². The number of nitrogens with one attached hydrogen (secondary N) is 1. The van der Waals surface area contributed by atoms with Crippen LogP contribution in [-0.2, 0) is 6.54 Å². The zero-order valence-electron chi connectivity index (χ0n) is 12.6. The molecule has 1 N–H and O–H groups in total. The summed E-state index contributed by atoms with van der Waals surface area (Å²) in [5.74, 6) is 0. The average molecular weight is 261 g/mol. The molecule has 0 amide bonds. The lowest BCUT2D eigenvalue weighted by Gasteiger charge is -2.40. The predicted octanol–water partition coefficient (Wildman–Crippen LogP) is 2.60. The Morgan fingerprint density at radius 2 is 2.26 bits per heavy atom. The highest BCUT2D eigenvalue weighted by molar-refractivity contribution is 5.09.